The van der Waals surface area contributed by atoms with Crippen LogP contribution >= 0.6 is 0 Å². The molecule has 1 spiro atoms. The predicted octanol–water partition coefficient (Wildman–Crippen LogP) is 4.80. The number of benzene rings is 1. The van der Waals surface area contributed by atoms with Gasteiger partial charge in [-0.1, -0.05) is 6.07 Å². The summed E-state index contributed by atoms with van der Waals surface area (Å²) in [5, 5.41) is 0. The first kappa shape index (κ1) is 25.5. The zero-order valence-corrected chi connectivity index (χ0v) is 21.0. The number of likely N-dealkylation sites (tertiary alicyclic amines) is 1. The quantitative estimate of drug-likeness (QED) is 0.586. The summed E-state index contributed by atoms with van der Waals surface area (Å²) in [6.07, 6.45) is -1.54. The highest BCUT2D eigenvalue weighted by Gasteiger charge is 2.45. The third kappa shape index (κ3) is 6.16. The van der Waals surface area contributed by atoms with E-state index in [2.05, 4.69) is 4.98 Å². The molecule has 2 aliphatic rings. The standard InChI is InChI=1S/C27H35F2N3O3/c1-18(2)34-23-9-8-21(14-19(23)3)26(33)32-12-10-27(11-13-32)17-31(16-25(28)29)15-24(35-27)22-7-5-6-20(4)30-22/h5-9,14,18,24-25H,10-13,15-17H2,1-4H3. The third-order valence-electron chi connectivity index (χ3n) is 6.71. The van der Waals surface area contributed by atoms with Crippen LogP contribution in [0.2, 0.25) is 0 Å². The lowest BCUT2D eigenvalue weighted by Crippen LogP contribution is -2.58. The minimum Gasteiger partial charge on any atom is -0.491 e. The van der Waals surface area contributed by atoms with Gasteiger partial charge in [-0.3, -0.25) is 14.7 Å². The number of hydrogen-bond acceptors (Lipinski definition) is 5. The summed E-state index contributed by atoms with van der Waals surface area (Å²) in [7, 11) is 0. The number of amides is 1. The maximum Gasteiger partial charge on any atom is 0.253 e. The van der Waals surface area contributed by atoms with E-state index in [9.17, 15) is 13.6 Å². The number of ether oxygens (including phenoxy) is 2. The molecule has 1 unspecified atom stereocenters. The molecule has 1 atom stereocenters. The second-order valence-corrected chi connectivity index (χ2v) is 10.0. The number of aryl methyl sites for hydroxylation is 2. The number of piperidine rings is 1. The zero-order valence-electron chi connectivity index (χ0n) is 21.0. The monoisotopic (exact) mass is 487 g/mol. The molecule has 190 valence electrons. The molecule has 1 aromatic carbocycles. The maximum absolute atomic E-state index is 13.3. The van der Waals surface area contributed by atoms with Crippen molar-refractivity contribution in [3.63, 3.8) is 0 Å². The number of halogens is 2. The highest BCUT2D eigenvalue weighted by atomic mass is 19.3. The summed E-state index contributed by atoms with van der Waals surface area (Å²) >= 11 is 0. The van der Waals surface area contributed by atoms with Gasteiger partial charge in [-0.25, -0.2) is 8.78 Å². The number of carbonyl (C=O) groups excluding carboxylic acids is 1. The largest absolute Gasteiger partial charge is 0.491 e. The van der Waals surface area contributed by atoms with Crippen LogP contribution < -0.4 is 4.74 Å². The summed E-state index contributed by atoms with van der Waals surface area (Å²) in [6.45, 7) is 9.34. The first-order chi connectivity index (χ1) is 16.6. The molecule has 4 rings (SSSR count). The van der Waals surface area contributed by atoms with E-state index in [0.717, 1.165) is 22.7 Å². The molecule has 35 heavy (non-hydrogen) atoms. The van der Waals surface area contributed by atoms with Crippen LogP contribution in [0.5, 0.6) is 5.75 Å². The molecule has 3 heterocycles. The summed E-state index contributed by atoms with van der Waals surface area (Å²) in [5.41, 5.74) is 2.60. The Bertz CT molecular complexity index is 1040. The van der Waals surface area contributed by atoms with E-state index in [4.69, 9.17) is 9.47 Å². The molecule has 1 amide bonds. The smallest absolute Gasteiger partial charge is 0.253 e. The Morgan fingerprint density at radius 3 is 2.57 bits per heavy atom. The van der Waals surface area contributed by atoms with Crippen LogP contribution in [0, 0.1) is 13.8 Å². The Labute approximate surface area is 206 Å². The first-order valence-electron chi connectivity index (χ1n) is 12.3. The lowest BCUT2D eigenvalue weighted by Gasteiger charge is -2.50. The van der Waals surface area contributed by atoms with Crippen LogP contribution in [-0.2, 0) is 4.74 Å². The fraction of sp³-hybridized carbons (Fsp3) is 0.556. The molecule has 8 heteroatoms. The second-order valence-electron chi connectivity index (χ2n) is 10.0. The molecule has 2 fully saturated rings. The number of nitrogens with zero attached hydrogens (tertiary/aromatic N) is 3. The van der Waals surface area contributed by atoms with E-state index < -0.39 is 12.0 Å². The minimum absolute atomic E-state index is 0.0313. The van der Waals surface area contributed by atoms with Crippen molar-refractivity contribution >= 4 is 5.91 Å². The van der Waals surface area contributed by atoms with Gasteiger partial charge in [-0.05, 0) is 76.4 Å². The molecule has 0 bridgehead atoms. The van der Waals surface area contributed by atoms with Crippen molar-refractivity contribution in [1.29, 1.82) is 0 Å². The van der Waals surface area contributed by atoms with Crippen molar-refractivity contribution in [3.8, 4) is 5.75 Å². The van der Waals surface area contributed by atoms with Crippen LogP contribution in [0.4, 0.5) is 8.78 Å². The van der Waals surface area contributed by atoms with Crippen molar-refractivity contribution in [3.05, 3.63) is 58.9 Å². The minimum atomic E-state index is -2.41. The Morgan fingerprint density at radius 1 is 1.20 bits per heavy atom. The third-order valence-corrected chi connectivity index (χ3v) is 6.71. The fourth-order valence-corrected chi connectivity index (χ4v) is 5.06. The zero-order chi connectivity index (χ0) is 25.2. The summed E-state index contributed by atoms with van der Waals surface area (Å²) in [4.78, 5) is 21.4. The van der Waals surface area contributed by atoms with Crippen molar-refractivity contribution in [2.45, 2.75) is 64.8 Å². The van der Waals surface area contributed by atoms with Gasteiger partial charge in [0.2, 0.25) is 0 Å². The van der Waals surface area contributed by atoms with Gasteiger partial charge in [-0.15, -0.1) is 0 Å². The topological polar surface area (TPSA) is 54.9 Å². The Balaban J connectivity index is 1.46. The molecular formula is C27H35F2N3O3. The molecule has 0 saturated carbocycles. The normalized spacial score (nSPS) is 20.6. The number of rotatable bonds is 6. The van der Waals surface area contributed by atoms with E-state index in [-0.39, 0.29) is 24.7 Å². The Hall–Kier alpha value is -2.58. The van der Waals surface area contributed by atoms with Crippen LogP contribution in [0.15, 0.2) is 36.4 Å². The Kier molecular flexibility index (Phi) is 7.71. The van der Waals surface area contributed by atoms with Gasteiger partial charge >= 0.3 is 0 Å². The average molecular weight is 488 g/mol. The van der Waals surface area contributed by atoms with Crippen LogP contribution in [0.25, 0.3) is 0 Å². The lowest BCUT2D eigenvalue weighted by molar-refractivity contribution is -0.181. The van der Waals surface area contributed by atoms with Crippen molar-refractivity contribution < 1.29 is 23.0 Å². The van der Waals surface area contributed by atoms with Crippen LogP contribution in [0.3, 0.4) is 0 Å². The number of morpholine rings is 1. The van der Waals surface area contributed by atoms with E-state index in [1.165, 1.54) is 0 Å². The average Bonchev–Trinajstić information content (AvgIpc) is 2.79. The van der Waals surface area contributed by atoms with Gasteiger partial charge in [0, 0.05) is 37.4 Å². The summed E-state index contributed by atoms with van der Waals surface area (Å²) in [6, 6.07) is 11.2. The highest BCUT2D eigenvalue weighted by Crippen LogP contribution is 2.38. The molecule has 1 aromatic heterocycles. The maximum atomic E-state index is 13.3. The first-order valence-corrected chi connectivity index (χ1v) is 12.3. The van der Waals surface area contributed by atoms with E-state index in [0.29, 0.717) is 44.6 Å². The second kappa shape index (κ2) is 10.6. The van der Waals surface area contributed by atoms with Crippen LogP contribution in [0.1, 0.15) is 60.1 Å². The predicted molar refractivity (Wildman–Crippen MR) is 130 cm³/mol. The van der Waals surface area contributed by atoms with Gasteiger partial charge in [0.05, 0.1) is 23.9 Å². The highest BCUT2D eigenvalue weighted by molar-refractivity contribution is 5.94. The molecule has 2 saturated heterocycles. The number of aromatic nitrogens is 1. The number of carbonyl (C=O) groups is 1. The van der Waals surface area contributed by atoms with Gasteiger partial charge < -0.3 is 14.4 Å². The summed E-state index contributed by atoms with van der Waals surface area (Å²) < 4.78 is 38.9. The molecule has 0 N–H and O–H groups in total. The SMILES string of the molecule is Cc1cccc(C2CN(CC(F)F)CC3(CCN(C(=O)c4ccc(OC(C)C)c(C)c4)CC3)O2)n1. The molecule has 0 aliphatic carbocycles. The number of alkyl halides is 2. The van der Waals surface area contributed by atoms with Crippen molar-refractivity contribution in [2.24, 2.45) is 0 Å². The summed E-state index contributed by atoms with van der Waals surface area (Å²) in [5.74, 6) is 0.746. The molecule has 2 aliphatic heterocycles. The number of hydrogen-bond donors (Lipinski definition) is 0. The molecular weight excluding hydrogens is 452 g/mol. The van der Waals surface area contributed by atoms with E-state index in [1.54, 1.807) is 11.0 Å². The van der Waals surface area contributed by atoms with Gasteiger partial charge in [0.15, 0.2) is 0 Å². The lowest BCUT2D eigenvalue weighted by atomic mass is 9.87. The van der Waals surface area contributed by atoms with Gasteiger partial charge in [0.25, 0.3) is 12.3 Å². The number of pyridine rings is 1. The van der Waals surface area contributed by atoms with Gasteiger partial charge in [0.1, 0.15) is 11.9 Å². The van der Waals surface area contributed by atoms with Crippen LogP contribution in [-0.4, -0.2) is 71.5 Å². The van der Waals surface area contributed by atoms with Crippen molar-refractivity contribution in [2.75, 3.05) is 32.7 Å². The van der Waals surface area contributed by atoms with E-state index in [1.807, 2.05) is 62.9 Å². The molecule has 0 radical (unpaired) electrons. The van der Waals surface area contributed by atoms with E-state index >= 15 is 0 Å². The fourth-order valence-electron chi connectivity index (χ4n) is 5.06. The molecule has 6 nitrogen and oxygen atoms in total. The van der Waals surface area contributed by atoms with Crippen molar-refractivity contribution in [1.82, 2.24) is 14.8 Å². The molecule has 2 aromatic rings. The van der Waals surface area contributed by atoms with Gasteiger partial charge in [-0.2, -0.15) is 0 Å². The Morgan fingerprint density at radius 2 is 1.94 bits per heavy atom.